The lowest BCUT2D eigenvalue weighted by Crippen LogP contribution is -2.59. The number of alkyl carbamates (subject to hydrolysis) is 1. The minimum absolute atomic E-state index is 0.0928. The number of aliphatic hydroxyl groups excluding tert-OH is 1. The molecule has 1 unspecified atom stereocenters. The van der Waals surface area contributed by atoms with Crippen LogP contribution in [-0.2, 0) is 16.1 Å². The van der Waals surface area contributed by atoms with E-state index in [0.717, 1.165) is 0 Å². The van der Waals surface area contributed by atoms with Crippen LogP contribution in [0.3, 0.4) is 0 Å². The number of carbonyl (C=O) groups is 2. The van der Waals surface area contributed by atoms with E-state index in [0.29, 0.717) is 5.56 Å². The number of alkyl halides is 2. The maximum absolute atomic E-state index is 13.3. The number of ether oxygens (including phenoxy) is 1. The number of nitrogens with one attached hydrogen (secondary N) is 1. The van der Waals surface area contributed by atoms with Gasteiger partial charge in [0.05, 0.1) is 6.04 Å². The molecule has 0 spiro atoms. The number of aliphatic hydroxyl groups is 1. The molecule has 0 radical (unpaired) electrons. The molecule has 0 aromatic heterocycles. The molecule has 1 rings (SSSR count). The standard InChI is InChI=1S/C15H19F2NO5/c1-9(2)11(12(19)15(16,17)13(20)21)18-14(22)23-8-10-6-4-3-5-7-10/h3-7,9,11-12,19H,8H2,1-2H3,(H,18,22)(H,20,21)/p-1/t11-,12?/m0/s1. The molecule has 8 heteroatoms. The van der Waals surface area contributed by atoms with Gasteiger partial charge in [-0.25, -0.2) is 4.79 Å². The lowest BCUT2D eigenvalue weighted by Gasteiger charge is -2.32. The fourth-order valence-electron chi connectivity index (χ4n) is 1.86. The first-order valence-corrected chi connectivity index (χ1v) is 6.90. The maximum Gasteiger partial charge on any atom is 0.407 e. The van der Waals surface area contributed by atoms with Gasteiger partial charge in [0, 0.05) is 0 Å². The largest absolute Gasteiger partial charge is 0.544 e. The molecule has 2 N–H and O–H groups in total. The number of carbonyl (C=O) groups excluding carboxylic acids is 2. The zero-order chi connectivity index (χ0) is 17.6. The number of hydrogen-bond acceptors (Lipinski definition) is 5. The van der Waals surface area contributed by atoms with Crippen LogP contribution < -0.4 is 10.4 Å². The van der Waals surface area contributed by atoms with Crippen LogP contribution in [0.1, 0.15) is 19.4 Å². The highest BCUT2D eigenvalue weighted by molar-refractivity contribution is 5.74. The Balaban J connectivity index is 2.68. The number of aliphatic carboxylic acids is 1. The van der Waals surface area contributed by atoms with E-state index < -0.39 is 36.0 Å². The van der Waals surface area contributed by atoms with Gasteiger partial charge in [0.2, 0.25) is 0 Å². The van der Waals surface area contributed by atoms with Crippen LogP contribution in [0.15, 0.2) is 30.3 Å². The smallest absolute Gasteiger partial charge is 0.407 e. The van der Waals surface area contributed by atoms with Crippen LogP contribution in [0.25, 0.3) is 0 Å². The molecule has 1 amide bonds. The molecule has 0 bridgehead atoms. The average molecular weight is 330 g/mol. The van der Waals surface area contributed by atoms with Crippen LogP contribution in [-0.4, -0.2) is 35.2 Å². The second-order valence-corrected chi connectivity index (χ2v) is 5.33. The summed E-state index contributed by atoms with van der Waals surface area (Å²) in [5.74, 6) is -7.88. The number of amides is 1. The molecule has 0 aliphatic carbocycles. The molecular formula is C15H18F2NO5-. The molecule has 0 heterocycles. The Morgan fingerprint density at radius 2 is 1.87 bits per heavy atom. The van der Waals surface area contributed by atoms with Crippen LogP contribution in [0.2, 0.25) is 0 Å². The number of carboxylic acids is 1. The monoisotopic (exact) mass is 330 g/mol. The minimum Gasteiger partial charge on any atom is -0.544 e. The molecule has 0 aliphatic rings. The van der Waals surface area contributed by atoms with E-state index in [-0.39, 0.29) is 6.61 Å². The van der Waals surface area contributed by atoms with Gasteiger partial charge in [0.15, 0.2) is 0 Å². The van der Waals surface area contributed by atoms with Crippen molar-refractivity contribution in [3.63, 3.8) is 0 Å². The predicted molar refractivity (Wildman–Crippen MR) is 74.3 cm³/mol. The summed E-state index contributed by atoms with van der Waals surface area (Å²) >= 11 is 0. The van der Waals surface area contributed by atoms with Crippen molar-refractivity contribution in [2.45, 2.75) is 38.5 Å². The van der Waals surface area contributed by atoms with Crippen LogP contribution >= 0.6 is 0 Å². The Hall–Kier alpha value is -2.22. The van der Waals surface area contributed by atoms with Crippen molar-refractivity contribution in [2.75, 3.05) is 0 Å². The number of hydrogen-bond donors (Lipinski definition) is 2. The molecular weight excluding hydrogens is 312 g/mol. The molecule has 0 saturated carbocycles. The number of halogens is 2. The molecule has 1 aromatic rings. The van der Waals surface area contributed by atoms with Crippen LogP contribution in [0.5, 0.6) is 0 Å². The first-order valence-electron chi connectivity index (χ1n) is 6.90. The highest BCUT2D eigenvalue weighted by Crippen LogP contribution is 2.24. The van der Waals surface area contributed by atoms with E-state index in [4.69, 9.17) is 4.74 Å². The maximum atomic E-state index is 13.3. The van der Waals surface area contributed by atoms with Crippen molar-refractivity contribution in [1.29, 1.82) is 0 Å². The summed E-state index contributed by atoms with van der Waals surface area (Å²) < 4.78 is 31.6. The third-order valence-corrected chi connectivity index (χ3v) is 3.20. The summed E-state index contributed by atoms with van der Waals surface area (Å²) in [5.41, 5.74) is 0.685. The summed E-state index contributed by atoms with van der Waals surface area (Å²) in [6, 6.07) is 7.12. The van der Waals surface area contributed by atoms with E-state index in [1.807, 2.05) is 0 Å². The Kier molecular flexibility index (Phi) is 6.44. The van der Waals surface area contributed by atoms with E-state index >= 15 is 0 Å². The third kappa shape index (κ3) is 5.17. The van der Waals surface area contributed by atoms with Crippen molar-refractivity contribution in [2.24, 2.45) is 5.92 Å². The Bertz CT molecular complexity index is 536. The van der Waals surface area contributed by atoms with Gasteiger partial charge < -0.3 is 25.1 Å². The fraction of sp³-hybridized carbons (Fsp3) is 0.467. The lowest BCUT2D eigenvalue weighted by atomic mass is 9.94. The van der Waals surface area contributed by atoms with Gasteiger partial charge in [-0.1, -0.05) is 44.2 Å². The molecule has 0 fully saturated rings. The van der Waals surface area contributed by atoms with Gasteiger partial charge in [-0.3, -0.25) is 0 Å². The zero-order valence-corrected chi connectivity index (χ0v) is 12.7. The van der Waals surface area contributed by atoms with Crippen LogP contribution in [0.4, 0.5) is 13.6 Å². The van der Waals surface area contributed by atoms with Gasteiger partial charge in [0.25, 0.3) is 0 Å². The topological polar surface area (TPSA) is 98.7 Å². The Morgan fingerprint density at radius 1 is 1.30 bits per heavy atom. The highest BCUT2D eigenvalue weighted by atomic mass is 19.3. The molecule has 23 heavy (non-hydrogen) atoms. The molecule has 2 atom stereocenters. The average Bonchev–Trinajstić information content (AvgIpc) is 2.50. The zero-order valence-electron chi connectivity index (χ0n) is 12.7. The number of benzene rings is 1. The molecule has 1 aromatic carbocycles. The first-order chi connectivity index (χ1) is 10.7. The summed E-state index contributed by atoms with van der Waals surface area (Å²) in [7, 11) is 0. The summed E-state index contributed by atoms with van der Waals surface area (Å²) in [4.78, 5) is 22.1. The van der Waals surface area contributed by atoms with Crippen molar-refractivity contribution in [3.8, 4) is 0 Å². The summed E-state index contributed by atoms with van der Waals surface area (Å²) in [6.07, 6.45) is -3.68. The van der Waals surface area contributed by atoms with E-state index in [1.54, 1.807) is 30.3 Å². The van der Waals surface area contributed by atoms with Gasteiger partial charge in [-0.2, -0.15) is 8.78 Å². The SMILES string of the molecule is CC(C)[C@H](NC(=O)OCc1ccccc1)C(O)C(F)(F)C(=O)[O-]. The van der Waals surface area contributed by atoms with E-state index in [9.17, 15) is 28.6 Å². The van der Waals surface area contributed by atoms with Crippen molar-refractivity contribution in [3.05, 3.63) is 35.9 Å². The normalized spacial score (nSPS) is 14.2. The summed E-state index contributed by atoms with van der Waals surface area (Å²) in [6.45, 7) is 2.79. The number of rotatable bonds is 7. The molecule has 128 valence electrons. The van der Waals surface area contributed by atoms with Crippen molar-refractivity contribution >= 4 is 12.1 Å². The quantitative estimate of drug-likeness (QED) is 0.766. The van der Waals surface area contributed by atoms with Gasteiger partial charge in [0.1, 0.15) is 18.7 Å². The van der Waals surface area contributed by atoms with Crippen molar-refractivity contribution < 1.29 is 33.3 Å². The second kappa shape index (κ2) is 7.87. The van der Waals surface area contributed by atoms with Gasteiger partial charge in [-0.05, 0) is 11.5 Å². The van der Waals surface area contributed by atoms with Gasteiger partial charge in [-0.15, -0.1) is 0 Å². The second-order valence-electron chi connectivity index (χ2n) is 5.33. The Labute approximate surface area is 132 Å². The summed E-state index contributed by atoms with van der Waals surface area (Å²) in [5, 5.41) is 22.1. The van der Waals surface area contributed by atoms with Crippen LogP contribution in [0, 0.1) is 5.92 Å². The molecule has 0 aliphatic heterocycles. The molecule has 6 nitrogen and oxygen atoms in total. The van der Waals surface area contributed by atoms with E-state index in [1.165, 1.54) is 13.8 Å². The van der Waals surface area contributed by atoms with Crippen molar-refractivity contribution in [1.82, 2.24) is 5.32 Å². The van der Waals surface area contributed by atoms with E-state index in [2.05, 4.69) is 5.32 Å². The predicted octanol–water partition coefficient (Wildman–Crippen LogP) is 0.683. The molecule has 0 saturated heterocycles. The first kappa shape index (κ1) is 18.8. The lowest BCUT2D eigenvalue weighted by molar-refractivity contribution is -0.337. The fourth-order valence-corrected chi connectivity index (χ4v) is 1.86. The van der Waals surface area contributed by atoms with Gasteiger partial charge >= 0.3 is 12.0 Å². The number of carboxylic acid groups (broad SMARTS) is 1. The highest BCUT2D eigenvalue weighted by Gasteiger charge is 2.46. The minimum atomic E-state index is -4.50. The Morgan fingerprint density at radius 3 is 2.35 bits per heavy atom. The third-order valence-electron chi connectivity index (χ3n) is 3.20.